The van der Waals surface area contributed by atoms with Crippen molar-refractivity contribution in [2.75, 3.05) is 11.1 Å². The smallest absolute Gasteiger partial charge is 0.234 e. The molecule has 0 saturated heterocycles. The van der Waals surface area contributed by atoms with Crippen molar-refractivity contribution >= 4 is 45.0 Å². The summed E-state index contributed by atoms with van der Waals surface area (Å²) in [4.78, 5) is 22.2. The number of carbonyl (C=O) groups excluding carboxylic acids is 1. The molecule has 1 amide bonds. The van der Waals surface area contributed by atoms with Gasteiger partial charge in [0.15, 0.2) is 0 Å². The average Bonchev–Trinajstić information content (AvgIpc) is 3.31. The van der Waals surface area contributed by atoms with Crippen molar-refractivity contribution in [3.05, 3.63) is 42.1 Å². The van der Waals surface area contributed by atoms with E-state index in [1.54, 1.807) is 29.3 Å². The van der Waals surface area contributed by atoms with Gasteiger partial charge in [-0.1, -0.05) is 24.2 Å². The highest BCUT2D eigenvalue weighted by atomic mass is 32.2. The third-order valence-electron chi connectivity index (χ3n) is 4.67. The standard InChI is InChI=1S/C20H21N3OS2/c1-13-11-14(19-23-17-7-4-10-21-20(17)26-19)8-9-16(13)22-18(24)12-25-15-5-2-3-6-15/h4,7-11,15H,2-3,5-6,12H2,1H3,(H,22,24). The quantitative estimate of drug-likeness (QED) is 0.651. The van der Waals surface area contributed by atoms with Crippen LogP contribution in [0.4, 0.5) is 5.69 Å². The average molecular weight is 384 g/mol. The fourth-order valence-electron chi connectivity index (χ4n) is 3.27. The number of aromatic nitrogens is 2. The topological polar surface area (TPSA) is 54.9 Å². The van der Waals surface area contributed by atoms with E-state index in [0.29, 0.717) is 11.0 Å². The number of rotatable bonds is 5. The molecule has 26 heavy (non-hydrogen) atoms. The number of anilines is 1. The zero-order chi connectivity index (χ0) is 17.9. The summed E-state index contributed by atoms with van der Waals surface area (Å²) in [6.07, 6.45) is 6.91. The van der Waals surface area contributed by atoms with Crippen LogP contribution in [-0.2, 0) is 4.79 Å². The van der Waals surface area contributed by atoms with Crippen molar-refractivity contribution in [2.45, 2.75) is 37.9 Å². The molecule has 2 aromatic heterocycles. The Morgan fingerprint density at radius 1 is 1.31 bits per heavy atom. The molecule has 0 aliphatic heterocycles. The van der Waals surface area contributed by atoms with Gasteiger partial charge < -0.3 is 5.32 Å². The fourth-order valence-corrected chi connectivity index (χ4v) is 5.29. The Kier molecular flexibility index (Phi) is 5.22. The Hall–Kier alpha value is -1.92. The third kappa shape index (κ3) is 3.91. The minimum Gasteiger partial charge on any atom is -0.325 e. The lowest BCUT2D eigenvalue weighted by atomic mass is 10.1. The van der Waals surface area contributed by atoms with Gasteiger partial charge in [-0.15, -0.1) is 11.8 Å². The predicted molar refractivity (Wildman–Crippen MR) is 111 cm³/mol. The maximum atomic E-state index is 12.2. The van der Waals surface area contributed by atoms with Crippen LogP contribution in [0.25, 0.3) is 20.9 Å². The molecule has 6 heteroatoms. The Balaban J connectivity index is 1.44. The number of nitrogens with zero attached hydrogens (tertiary/aromatic N) is 2. The first-order chi connectivity index (χ1) is 12.7. The van der Waals surface area contributed by atoms with E-state index in [-0.39, 0.29) is 5.91 Å². The van der Waals surface area contributed by atoms with Gasteiger partial charge >= 0.3 is 0 Å². The van der Waals surface area contributed by atoms with Crippen molar-refractivity contribution in [2.24, 2.45) is 0 Å². The van der Waals surface area contributed by atoms with Gasteiger partial charge in [-0.3, -0.25) is 4.79 Å². The third-order valence-corrected chi connectivity index (χ3v) is 7.07. The zero-order valence-corrected chi connectivity index (χ0v) is 16.3. The monoisotopic (exact) mass is 383 g/mol. The lowest BCUT2D eigenvalue weighted by Crippen LogP contribution is -2.16. The van der Waals surface area contributed by atoms with Gasteiger partial charge in [0, 0.05) is 22.7 Å². The van der Waals surface area contributed by atoms with Crippen molar-refractivity contribution in [3.63, 3.8) is 0 Å². The molecule has 1 aliphatic carbocycles. The van der Waals surface area contributed by atoms with Crippen LogP contribution in [0.5, 0.6) is 0 Å². The van der Waals surface area contributed by atoms with Crippen molar-refractivity contribution in [1.29, 1.82) is 0 Å². The SMILES string of the molecule is Cc1cc(-c2nc3cccnc3s2)ccc1NC(=O)CSC1CCCC1. The molecule has 1 N–H and O–H groups in total. The summed E-state index contributed by atoms with van der Waals surface area (Å²) < 4.78 is 0. The van der Waals surface area contributed by atoms with Crippen LogP contribution in [0.2, 0.25) is 0 Å². The largest absolute Gasteiger partial charge is 0.325 e. The minimum atomic E-state index is 0.0851. The molecule has 1 fully saturated rings. The lowest BCUT2D eigenvalue weighted by Gasteiger charge is -2.11. The molecule has 1 saturated carbocycles. The van der Waals surface area contributed by atoms with Crippen LogP contribution in [0.15, 0.2) is 36.5 Å². The van der Waals surface area contributed by atoms with Crippen LogP contribution in [-0.4, -0.2) is 26.9 Å². The molecule has 0 radical (unpaired) electrons. The van der Waals surface area contributed by atoms with Gasteiger partial charge in [0.25, 0.3) is 0 Å². The number of aryl methyl sites for hydroxylation is 1. The van der Waals surface area contributed by atoms with Crippen LogP contribution in [0, 0.1) is 6.92 Å². The molecule has 1 aliphatic rings. The summed E-state index contributed by atoms with van der Waals surface area (Å²) in [6.45, 7) is 2.02. The normalized spacial score (nSPS) is 14.8. The number of pyridine rings is 1. The molecule has 4 nitrogen and oxygen atoms in total. The molecule has 0 spiro atoms. The molecule has 134 valence electrons. The molecule has 2 heterocycles. The number of hydrogen-bond donors (Lipinski definition) is 1. The van der Waals surface area contributed by atoms with Crippen molar-refractivity contribution in [3.8, 4) is 10.6 Å². The highest BCUT2D eigenvalue weighted by Gasteiger charge is 2.17. The number of amides is 1. The van der Waals surface area contributed by atoms with E-state index >= 15 is 0 Å². The first kappa shape index (κ1) is 17.5. The number of thioether (sulfide) groups is 1. The predicted octanol–water partition coefficient (Wildman–Crippen LogP) is 5.28. The second-order valence-electron chi connectivity index (χ2n) is 6.64. The Morgan fingerprint density at radius 3 is 2.92 bits per heavy atom. The summed E-state index contributed by atoms with van der Waals surface area (Å²) >= 11 is 3.38. The van der Waals surface area contributed by atoms with Crippen LogP contribution in [0.3, 0.4) is 0 Å². The molecule has 1 aromatic carbocycles. The Morgan fingerprint density at radius 2 is 2.15 bits per heavy atom. The molecule has 3 aromatic rings. The van der Waals surface area contributed by atoms with Gasteiger partial charge in [0.2, 0.25) is 5.91 Å². The Labute approximate surface area is 161 Å². The molecular weight excluding hydrogens is 362 g/mol. The number of carbonyl (C=O) groups is 1. The van der Waals surface area contributed by atoms with Crippen molar-refractivity contribution in [1.82, 2.24) is 9.97 Å². The van der Waals surface area contributed by atoms with Crippen LogP contribution < -0.4 is 5.32 Å². The van der Waals surface area contributed by atoms with Crippen molar-refractivity contribution < 1.29 is 4.79 Å². The van der Waals surface area contributed by atoms with Gasteiger partial charge in [0.1, 0.15) is 15.4 Å². The summed E-state index contributed by atoms with van der Waals surface area (Å²) in [5.41, 5.74) is 3.91. The van der Waals surface area contributed by atoms with E-state index in [4.69, 9.17) is 0 Å². The number of fused-ring (bicyclic) bond motifs is 1. The number of hydrogen-bond acceptors (Lipinski definition) is 5. The summed E-state index contributed by atoms with van der Waals surface area (Å²) in [5.74, 6) is 0.622. The first-order valence-electron chi connectivity index (χ1n) is 8.93. The van der Waals surface area contributed by atoms with Crippen LogP contribution >= 0.6 is 23.1 Å². The van der Waals surface area contributed by atoms with E-state index in [1.807, 2.05) is 31.2 Å². The number of benzene rings is 1. The van der Waals surface area contributed by atoms with Crippen LogP contribution in [0.1, 0.15) is 31.2 Å². The van der Waals surface area contributed by atoms with E-state index < -0.39 is 0 Å². The Bertz CT molecular complexity index is 899. The highest BCUT2D eigenvalue weighted by Crippen LogP contribution is 2.32. The molecular formula is C20H21N3OS2. The summed E-state index contributed by atoms with van der Waals surface area (Å²) in [5, 5.41) is 4.67. The molecule has 0 atom stereocenters. The minimum absolute atomic E-state index is 0.0851. The number of nitrogens with one attached hydrogen (secondary N) is 1. The van der Waals surface area contributed by atoms with Gasteiger partial charge in [-0.05, 0) is 55.7 Å². The second-order valence-corrected chi connectivity index (χ2v) is 8.91. The van der Waals surface area contributed by atoms with E-state index in [0.717, 1.165) is 32.2 Å². The van der Waals surface area contributed by atoms with Gasteiger partial charge in [-0.2, -0.15) is 0 Å². The maximum Gasteiger partial charge on any atom is 0.234 e. The van der Waals surface area contributed by atoms with E-state index in [9.17, 15) is 4.79 Å². The second kappa shape index (κ2) is 7.76. The fraction of sp³-hybridized carbons (Fsp3) is 0.350. The summed E-state index contributed by atoms with van der Waals surface area (Å²) in [6, 6.07) is 9.95. The summed E-state index contributed by atoms with van der Waals surface area (Å²) in [7, 11) is 0. The van der Waals surface area contributed by atoms with Gasteiger partial charge in [0.05, 0.1) is 5.75 Å². The molecule has 4 rings (SSSR count). The lowest BCUT2D eigenvalue weighted by molar-refractivity contribution is -0.113. The first-order valence-corrected chi connectivity index (χ1v) is 10.8. The zero-order valence-electron chi connectivity index (χ0n) is 14.7. The molecule has 0 bridgehead atoms. The van der Waals surface area contributed by atoms with E-state index in [1.165, 1.54) is 25.7 Å². The highest BCUT2D eigenvalue weighted by molar-refractivity contribution is 8.00. The van der Waals surface area contributed by atoms with Gasteiger partial charge in [-0.25, -0.2) is 9.97 Å². The molecule has 0 unspecified atom stereocenters. The van der Waals surface area contributed by atoms with E-state index in [2.05, 4.69) is 21.4 Å². The number of thiazole rings is 1. The maximum absolute atomic E-state index is 12.2.